The van der Waals surface area contributed by atoms with Crippen molar-refractivity contribution in [1.29, 1.82) is 0 Å². The zero-order valence-electron chi connectivity index (χ0n) is 11.7. The molecule has 0 aliphatic rings. The molecule has 18 heavy (non-hydrogen) atoms. The molecule has 1 aromatic heterocycles. The highest BCUT2D eigenvalue weighted by Crippen LogP contribution is 2.21. The lowest BCUT2D eigenvalue weighted by Gasteiger charge is -2.18. The Hall–Kier alpha value is -1.41. The summed E-state index contributed by atoms with van der Waals surface area (Å²) in [5, 5.41) is 1.26. The fraction of sp³-hybridized carbons (Fsp3) is 0.438. The van der Waals surface area contributed by atoms with Crippen molar-refractivity contribution >= 4 is 10.9 Å². The first kappa shape index (κ1) is 13.0. The van der Waals surface area contributed by atoms with Gasteiger partial charge in [-0.15, -0.1) is 0 Å². The minimum absolute atomic E-state index is 0.212. The molecule has 2 rings (SSSR count). The van der Waals surface area contributed by atoms with Gasteiger partial charge in [-0.3, -0.25) is 4.98 Å². The third-order valence-corrected chi connectivity index (χ3v) is 3.18. The van der Waals surface area contributed by atoms with Crippen LogP contribution in [0.5, 0.6) is 0 Å². The molecule has 0 aliphatic carbocycles. The molecule has 0 radical (unpaired) electrons. The van der Waals surface area contributed by atoms with Crippen LogP contribution >= 0.6 is 0 Å². The third-order valence-electron chi connectivity index (χ3n) is 3.18. The number of benzene rings is 1. The van der Waals surface area contributed by atoms with Gasteiger partial charge in [-0.1, -0.05) is 13.0 Å². The van der Waals surface area contributed by atoms with Gasteiger partial charge in [0.2, 0.25) is 0 Å². The lowest BCUT2D eigenvalue weighted by molar-refractivity contribution is 0.511. The van der Waals surface area contributed by atoms with Crippen LogP contribution in [-0.4, -0.2) is 10.5 Å². The van der Waals surface area contributed by atoms with Crippen LogP contribution in [0.2, 0.25) is 0 Å². The lowest BCUT2D eigenvalue weighted by atomic mass is 9.97. The van der Waals surface area contributed by atoms with Crippen LogP contribution in [0.15, 0.2) is 24.3 Å². The number of aromatic nitrogens is 1. The second-order valence-corrected chi connectivity index (χ2v) is 5.80. The largest absolute Gasteiger partial charge is 0.325 e. The SMILES string of the molecule is CCc1ccc2nc(CC(C)(C)N)cc(C)c2c1. The summed E-state index contributed by atoms with van der Waals surface area (Å²) in [6.07, 6.45) is 1.87. The zero-order chi connectivity index (χ0) is 13.3. The molecule has 0 bridgehead atoms. The van der Waals surface area contributed by atoms with Crippen LogP contribution in [0, 0.1) is 6.92 Å². The topological polar surface area (TPSA) is 38.9 Å². The molecular weight excluding hydrogens is 220 g/mol. The van der Waals surface area contributed by atoms with Crippen molar-refractivity contribution in [2.24, 2.45) is 5.73 Å². The van der Waals surface area contributed by atoms with E-state index in [1.54, 1.807) is 0 Å². The highest BCUT2D eigenvalue weighted by Gasteiger charge is 2.13. The Bertz CT molecular complexity index is 565. The van der Waals surface area contributed by atoms with E-state index in [4.69, 9.17) is 10.7 Å². The minimum Gasteiger partial charge on any atom is -0.325 e. The average molecular weight is 242 g/mol. The maximum atomic E-state index is 6.07. The van der Waals surface area contributed by atoms with E-state index in [9.17, 15) is 0 Å². The van der Waals surface area contributed by atoms with Crippen LogP contribution in [0.3, 0.4) is 0 Å². The molecule has 0 unspecified atom stereocenters. The molecule has 2 aromatic rings. The molecule has 0 saturated heterocycles. The van der Waals surface area contributed by atoms with Crippen molar-refractivity contribution in [3.05, 3.63) is 41.1 Å². The predicted octanol–water partition coefficient (Wildman–Crippen LogP) is 3.39. The monoisotopic (exact) mass is 242 g/mol. The molecular formula is C16H22N2. The summed E-state index contributed by atoms with van der Waals surface area (Å²) >= 11 is 0. The Kier molecular flexibility index (Phi) is 3.40. The van der Waals surface area contributed by atoms with Gasteiger partial charge in [-0.2, -0.15) is 0 Å². The Balaban J connectivity index is 2.50. The van der Waals surface area contributed by atoms with E-state index in [2.05, 4.69) is 38.1 Å². The summed E-state index contributed by atoms with van der Waals surface area (Å²) in [7, 11) is 0. The van der Waals surface area contributed by atoms with E-state index < -0.39 is 0 Å². The first-order valence-electron chi connectivity index (χ1n) is 6.57. The van der Waals surface area contributed by atoms with Crippen LogP contribution in [-0.2, 0) is 12.8 Å². The number of nitrogens with two attached hydrogens (primary N) is 1. The van der Waals surface area contributed by atoms with Gasteiger partial charge < -0.3 is 5.73 Å². The van der Waals surface area contributed by atoms with E-state index in [1.165, 1.54) is 16.5 Å². The second kappa shape index (κ2) is 4.69. The van der Waals surface area contributed by atoms with Gasteiger partial charge in [0.05, 0.1) is 5.52 Å². The Morgan fingerprint density at radius 2 is 1.94 bits per heavy atom. The van der Waals surface area contributed by atoms with E-state index in [0.717, 1.165) is 24.1 Å². The standard InChI is InChI=1S/C16H22N2/c1-5-12-6-7-15-14(9-12)11(2)8-13(18-15)10-16(3,4)17/h6-9H,5,10,17H2,1-4H3. The van der Waals surface area contributed by atoms with Gasteiger partial charge in [-0.25, -0.2) is 0 Å². The number of fused-ring (bicyclic) bond motifs is 1. The first-order valence-corrected chi connectivity index (χ1v) is 6.57. The molecule has 0 spiro atoms. The number of nitrogens with zero attached hydrogens (tertiary/aromatic N) is 1. The quantitative estimate of drug-likeness (QED) is 0.896. The van der Waals surface area contributed by atoms with Crippen molar-refractivity contribution < 1.29 is 0 Å². The Labute approximate surface area is 109 Å². The van der Waals surface area contributed by atoms with Gasteiger partial charge in [-0.05, 0) is 56.5 Å². The molecule has 0 aliphatic heterocycles. The molecule has 2 heteroatoms. The Morgan fingerprint density at radius 1 is 1.22 bits per heavy atom. The predicted molar refractivity (Wildman–Crippen MR) is 77.8 cm³/mol. The summed E-state index contributed by atoms with van der Waals surface area (Å²) < 4.78 is 0. The third kappa shape index (κ3) is 2.88. The number of hydrogen-bond donors (Lipinski definition) is 1. The fourth-order valence-electron chi connectivity index (χ4n) is 2.29. The molecule has 96 valence electrons. The number of aryl methyl sites for hydroxylation is 2. The molecule has 0 amide bonds. The van der Waals surface area contributed by atoms with E-state index in [0.29, 0.717) is 0 Å². The average Bonchev–Trinajstić information content (AvgIpc) is 2.26. The highest BCUT2D eigenvalue weighted by molar-refractivity contribution is 5.82. The van der Waals surface area contributed by atoms with Crippen molar-refractivity contribution in [2.45, 2.75) is 46.1 Å². The second-order valence-electron chi connectivity index (χ2n) is 5.80. The van der Waals surface area contributed by atoms with Crippen molar-refractivity contribution in [3.8, 4) is 0 Å². The van der Waals surface area contributed by atoms with E-state index in [-0.39, 0.29) is 5.54 Å². The number of pyridine rings is 1. The Morgan fingerprint density at radius 3 is 2.56 bits per heavy atom. The summed E-state index contributed by atoms with van der Waals surface area (Å²) in [4.78, 5) is 4.72. The van der Waals surface area contributed by atoms with Crippen LogP contribution in [0.1, 0.15) is 37.6 Å². The summed E-state index contributed by atoms with van der Waals surface area (Å²) in [5.41, 5.74) is 10.7. The van der Waals surface area contributed by atoms with Crippen molar-refractivity contribution in [2.75, 3.05) is 0 Å². The van der Waals surface area contributed by atoms with E-state index in [1.807, 2.05) is 13.8 Å². The van der Waals surface area contributed by atoms with Gasteiger partial charge in [0.1, 0.15) is 0 Å². The van der Waals surface area contributed by atoms with E-state index >= 15 is 0 Å². The minimum atomic E-state index is -0.212. The van der Waals surface area contributed by atoms with Crippen molar-refractivity contribution in [1.82, 2.24) is 4.98 Å². The molecule has 1 heterocycles. The van der Waals surface area contributed by atoms with Crippen LogP contribution in [0.25, 0.3) is 10.9 Å². The van der Waals surface area contributed by atoms with Crippen LogP contribution < -0.4 is 5.73 Å². The zero-order valence-corrected chi connectivity index (χ0v) is 11.7. The molecule has 0 atom stereocenters. The summed E-state index contributed by atoms with van der Waals surface area (Å²) in [5.74, 6) is 0. The highest BCUT2D eigenvalue weighted by atomic mass is 14.8. The van der Waals surface area contributed by atoms with Crippen LogP contribution in [0.4, 0.5) is 0 Å². The molecule has 0 saturated carbocycles. The summed E-state index contributed by atoms with van der Waals surface area (Å²) in [6, 6.07) is 8.69. The van der Waals surface area contributed by atoms with Crippen molar-refractivity contribution in [3.63, 3.8) is 0 Å². The number of rotatable bonds is 3. The molecule has 2 N–H and O–H groups in total. The molecule has 1 aromatic carbocycles. The smallest absolute Gasteiger partial charge is 0.0708 e. The molecule has 0 fully saturated rings. The van der Waals surface area contributed by atoms with Gasteiger partial charge >= 0.3 is 0 Å². The fourth-order valence-corrected chi connectivity index (χ4v) is 2.29. The van der Waals surface area contributed by atoms with Gasteiger partial charge in [0, 0.05) is 23.0 Å². The maximum absolute atomic E-state index is 6.07. The number of hydrogen-bond acceptors (Lipinski definition) is 2. The first-order chi connectivity index (χ1) is 8.39. The van der Waals surface area contributed by atoms with Gasteiger partial charge in [0.15, 0.2) is 0 Å². The maximum Gasteiger partial charge on any atom is 0.0708 e. The summed E-state index contributed by atoms with van der Waals surface area (Å²) in [6.45, 7) is 8.40. The normalized spacial score (nSPS) is 12.1. The van der Waals surface area contributed by atoms with Gasteiger partial charge in [0.25, 0.3) is 0 Å². The molecule has 2 nitrogen and oxygen atoms in total. The lowest BCUT2D eigenvalue weighted by Crippen LogP contribution is -2.34.